The molecule has 304 valence electrons. The van der Waals surface area contributed by atoms with Crippen LogP contribution in [-0.2, 0) is 4.79 Å². The molecular weight excluding hydrogens is 734 g/mol. The summed E-state index contributed by atoms with van der Waals surface area (Å²) in [5.41, 5.74) is 6.52. The number of amides is 2. The summed E-state index contributed by atoms with van der Waals surface area (Å²) in [6.07, 6.45) is 14.0. The molecule has 2 saturated carbocycles. The van der Waals surface area contributed by atoms with Crippen LogP contribution in [0.1, 0.15) is 157 Å². The summed E-state index contributed by atoms with van der Waals surface area (Å²) >= 11 is 0. The van der Waals surface area contributed by atoms with Gasteiger partial charge in [0.05, 0.1) is 0 Å². The van der Waals surface area contributed by atoms with Crippen LogP contribution >= 0.6 is 0 Å². The standard InChI is InChI=1S/C42H52N6O2.C2HF3O2/c49-41(45-29-13-9-27(10-14-29)21-25-47-35-17-18-36(47)32-6-2-1-5-31(32)35)39-40(44-24-23-43-39)42(50)46-30-15-11-28(12-16-30)22-26-48-37-19-20-38(48)34-8-4-3-7-33(34)37;3-2(4,5)1(6)7/h1-8,23-24,27-30,35-38H,9-22,25-26H2,(H,45,49)(H,46,50);(H,6,7)/t27?,28?,29?,30?,35-,36+,37-,38?;/m1./s1. The Morgan fingerprint density at radius 3 is 1.19 bits per heavy atom. The number of halogens is 3. The van der Waals surface area contributed by atoms with Gasteiger partial charge in [-0.15, -0.1) is 0 Å². The summed E-state index contributed by atoms with van der Waals surface area (Å²) in [5.74, 6) is -1.91. The van der Waals surface area contributed by atoms with Gasteiger partial charge in [-0.3, -0.25) is 19.4 Å². The Hall–Kier alpha value is -4.36. The maximum atomic E-state index is 13.4. The number of benzene rings is 2. The van der Waals surface area contributed by atoms with Gasteiger partial charge >= 0.3 is 12.1 Å². The smallest absolute Gasteiger partial charge is 0.475 e. The lowest BCUT2D eigenvalue weighted by molar-refractivity contribution is -0.192. The number of rotatable bonds is 10. The Kier molecular flexibility index (Phi) is 11.7. The van der Waals surface area contributed by atoms with Gasteiger partial charge < -0.3 is 15.7 Å². The minimum atomic E-state index is -5.08. The van der Waals surface area contributed by atoms with Crippen LogP contribution in [0.4, 0.5) is 13.2 Å². The number of nitrogens with zero attached hydrogens (tertiary/aromatic N) is 4. The SMILES string of the molecule is O=C(NC1CCC(CCN2C3CC[C@@H]2c2ccccc23)CC1)c1nccnc1C(=O)NC1CCC(CCN2[C@@H]3CC[C@H]2c2ccccc23)CC1.O=C(O)C(F)(F)F. The van der Waals surface area contributed by atoms with E-state index in [0.29, 0.717) is 36.0 Å². The second kappa shape index (κ2) is 16.9. The van der Waals surface area contributed by atoms with E-state index >= 15 is 0 Å². The molecule has 1 aromatic heterocycles. The van der Waals surface area contributed by atoms with Crippen molar-refractivity contribution in [2.45, 2.75) is 132 Å². The van der Waals surface area contributed by atoms with Gasteiger partial charge in [0.1, 0.15) is 0 Å². The predicted octanol–water partition coefficient (Wildman–Crippen LogP) is 8.25. The van der Waals surface area contributed by atoms with Gasteiger partial charge in [0.25, 0.3) is 11.8 Å². The van der Waals surface area contributed by atoms with Crippen molar-refractivity contribution in [2.75, 3.05) is 13.1 Å². The molecule has 4 aliphatic heterocycles. The molecule has 1 unspecified atom stereocenters. The van der Waals surface area contributed by atoms with Crippen LogP contribution in [0.2, 0.25) is 0 Å². The number of nitrogens with one attached hydrogen (secondary N) is 2. The van der Waals surface area contributed by atoms with Crippen molar-refractivity contribution in [1.29, 1.82) is 0 Å². The summed E-state index contributed by atoms with van der Waals surface area (Å²) in [4.78, 5) is 50.0. The van der Waals surface area contributed by atoms with Gasteiger partial charge in [-0.05, 0) is 137 Å². The van der Waals surface area contributed by atoms with Crippen LogP contribution in [0, 0.1) is 11.8 Å². The average molecular weight is 787 g/mol. The number of fused-ring (bicyclic) bond motifs is 10. The van der Waals surface area contributed by atoms with E-state index in [9.17, 15) is 22.8 Å². The van der Waals surface area contributed by atoms with Gasteiger partial charge in [-0.25, -0.2) is 14.8 Å². The van der Waals surface area contributed by atoms with Crippen LogP contribution in [-0.4, -0.2) is 74.0 Å². The van der Waals surface area contributed by atoms with Crippen LogP contribution in [0.25, 0.3) is 0 Å². The van der Waals surface area contributed by atoms with Crippen molar-refractivity contribution in [2.24, 2.45) is 11.8 Å². The van der Waals surface area contributed by atoms with Gasteiger partial charge in [-0.2, -0.15) is 13.2 Å². The Morgan fingerprint density at radius 2 is 0.895 bits per heavy atom. The monoisotopic (exact) mass is 786 g/mol. The third-order valence-corrected chi connectivity index (χ3v) is 13.8. The molecule has 6 aliphatic rings. The third-order valence-electron chi connectivity index (χ3n) is 13.8. The van der Waals surface area contributed by atoms with Gasteiger partial charge in [-0.1, -0.05) is 48.5 Å². The summed E-state index contributed by atoms with van der Waals surface area (Å²) in [6, 6.07) is 20.7. The van der Waals surface area contributed by atoms with Crippen molar-refractivity contribution in [1.82, 2.24) is 30.4 Å². The first kappa shape index (κ1) is 39.5. The largest absolute Gasteiger partial charge is 0.490 e. The Balaban J connectivity index is 0.000000598. The second-order valence-corrected chi connectivity index (χ2v) is 17.0. The van der Waals surface area contributed by atoms with Crippen molar-refractivity contribution < 1.29 is 32.7 Å². The maximum Gasteiger partial charge on any atom is 0.490 e. The highest BCUT2D eigenvalue weighted by atomic mass is 19.4. The van der Waals surface area contributed by atoms with E-state index < -0.39 is 12.1 Å². The molecule has 2 saturated heterocycles. The molecule has 0 spiro atoms. The molecule has 57 heavy (non-hydrogen) atoms. The molecule has 2 aliphatic carbocycles. The number of carbonyl (C=O) groups excluding carboxylic acids is 2. The zero-order valence-electron chi connectivity index (χ0n) is 32.3. The molecule has 13 heteroatoms. The molecule has 2 aromatic carbocycles. The topological polar surface area (TPSA) is 128 Å². The number of carbonyl (C=O) groups is 3. The zero-order chi connectivity index (χ0) is 39.7. The van der Waals surface area contributed by atoms with Crippen molar-refractivity contribution in [3.05, 3.63) is 94.6 Å². The first-order valence-corrected chi connectivity index (χ1v) is 21.0. The van der Waals surface area contributed by atoms with Gasteiger partial charge in [0.2, 0.25) is 0 Å². The number of hydrogen-bond donors (Lipinski definition) is 3. The number of carboxylic acid groups (broad SMARTS) is 1. The van der Waals surface area contributed by atoms with E-state index in [2.05, 4.69) is 78.9 Å². The molecule has 4 bridgehead atoms. The summed E-state index contributed by atoms with van der Waals surface area (Å²) in [6.45, 7) is 2.33. The molecule has 3 aromatic rings. The fourth-order valence-electron chi connectivity index (χ4n) is 11.0. The summed E-state index contributed by atoms with van der Waals surface area (Å²) in [5, 5.41) is 13.5. The molecule has 2 amide bonds. The van der Waals surface area contributed by atoms with Crippen molar-refractivity contribution in [3.8, 4) is 0 Å². The Morgan fingerprint density at radius 1 is 0.579 bits per heavy atom. The number of aliphatic carboxylic acids is 1. The molecular formula is C44H53F3N6O4. The highest BCUT2D eigenvalue weighted by molar-refractivity contribution is 6.04. The Bertz CT molecular complexity index is 1740. The molecule has 4 fully saturated rings. The minimum Gasteiger partial charge on any atom is -0.475 e. The minimum absolute atomic E-state index is 0.115. The van der Waals surface area contributed by atoms with Gasteiger partial charge in [0, 0.05) is 48.6 Å². The number of alkyl halides is 3. The highest BCUT2D eigenvalue weighted by Gasteiger charge is 2.44. The summed E-state index contributed by atoms with van der Waals surface area (Å²) < 4.78 is 31.7. The summed E-state index contributed by atoms with van der Waals surface area (Å²) in [7, 11) is 0. The lowest BCUT2D eigenvalue weighted by Gasteiger charge is -2.31. The molecule has 10 nitrogen and oxygen atoms in total. The van der Waals surface area contributed by atoms with Crippen LogP contribution < -0.4 is 10.6 Å². The van der Waals surface area contributed by atoms with E-state index in [-0.39, 0.29) is 35.3 Å². The number of carboxylic acids is 1. The fraction of sp³-hybridized carbons (Fsp3) is 0.568. The average Bonchev–Trinajstić information content (AvgIpc) is 3.98. The quantitative estimate of drug-likeness (QED) is 0.188. The number of aromatic nitrogens is 2. The molecule has 5 heterocycles. The van der Waals surface area contributed by atoms with E-state index in [0.717, 1.165) is 51.4 Å². The zero-order valence-corrected chi connectivity index (χ0v) is 32.3. The second-order valence-electron chi connectivity index (χ2n) is 17.0. The maximum absolute atomic E-state index is 13.4. The molecule has 0 radical (unpaired) electrons. The van der Waals surface area contributed by atoms with Crippen LogP contribution in [0.3, 0.4) is 0 Å². The van der Waals surface area contributed by atoms with E-state index in [4.69, 9.17) is 9.90 Å². The number of hydrogen-bond acceptors (Lipinski definition) is 7. The van der Waals surface area contributed by atoms with Crippen LogP contribution in [0.15, 0.2) is 60.9 Å². The highest BCUT2D eigenvalue weighted by Crippen LogP contribution is 2.54. The lowest BCUT2D eigenvalue weighted by atomic mass is 9.83. The predicted molar refractivity (Wildman–Crippen MR) is 207 cm³/mol. The first-order valence-electron chi connectivity index (χ1n) is 21.0. The molecule has 4 atom stereocenters. The molecule has 3 N–H and O–H groups in total. The van der Waals surface area contributed by atoms with E-state index in [1.165, 1.54) is 64.0 Å². The van der Waals surface area contributed by atoms with E-state index in [1.54, 1.807) is 22.3 Å². The van der Waals surface area contributed by atoms with Gasteiger partial charge in [0.15, 0.2) is 11.4 Å². The third kappa shape index (κ3) is 8.46. The van der Waals surface area contributed by atoms with Crippen LogP contribution in [0.5, 0.6) is 0 Å². The lowest BCUT2D eigenvalue weighted by Crippen LogP contribution is -2.41. The van der Waals surface area contributed by atoms with Crippen molar-refractivity contribution in [3.63, 3.8) is 0 Å². The molecule has 9 rings (SSSR count). The normalized spacial score (nSPS) is 28.9. The van der Waals surface area contributed by atoms with Crippen molar-refractivity contribution >= 4 is 17.8 Å². The fourth-order valence-corrected chi connectivity index (χ4v) is 11.0. The first-order chi connectivity index (χ1) is 27.5. The van der Waals surface area contributed by atoms with E-state index in [1.807, 2.05) is 0 Å². The Labute approximate surface area is 332 Å².